The molecule has 2 rings (SSSR count). The summed E-state index contributed by atoms with van der Waals surface area (Å²) in [5.41, 5.74) is 1.74. The molecule has 0 bridgehead atoms. The molecule has 0 aliphatic heterocycles. The minimum absolute atomic E-state index is 0.227. The number of benzene rings is 2. The maximum Gasteiger partial charge on any atom is 0.195 e. The maximum atomic E-state index is 13.1. The lowest BCUT2D eigenvalue weighted by atomic mass is 10.1. The van der Waals surface area contributed by atoms with Crippen molar-refractivity contribution in [1.82, 2.24) is 5.32 Å². The molecule has 0 fully saturated rings. The van der Waals surface area contributed by atoms with E-state index in [-0.39, 0.29) is 11.9 Å². The van der Waals surface area contributed by atoms with Crippen molar-refractivity contribution in [3.05, 3.63) is 59.9 Å². The Morgan fingerprint density at radius 2 is 1.89 bits per heavy atom. The average Bonchev–Trinajstić information content (AvgIpc) is 2.72. The van der Waals surface area contributed by atoms with Gasteiger partial charge in [-0.25, -0.2) is 4.39 Å². The van der Waals surface area contributed by atoms with Gasteiger partial charge in [0.05, 0.1) is 12.7 Å². The number of aliphatic imine (C=N–C) groups is 1. The molecule has 6 nitrogen and oxygen atoms in total. The first-order valence-electron chi connectivity index (χ1n) is 9.14. The summed E-state index contributed by atoms with van der Waals surface area (Å²) in [6.45, 7) is 1.75. The van der Waals surface area contributed by atoms with Gasteiger partial charge in [0.2, 0.25) is 0 Å². The number of anilines is 1. The zero-order valence-electron chi connectivity index (χ0n) is 16.6. The van der Waals surface area contributed by atoms with Crippen molar-refractivity contribution in [2.24, 2.45) is 4.99 Å². The van der Waals surface area contributed by atoms with E-state index in [1.807, 2.05) is 24.3 Å². The summed E-state index contributed by atoms with van der Waals surface area (Å²) in [4.78, 5) is 4.24. The molecule has 2 aromatic rings. The van der Waals surface area contributed by atoms with Crippen molar-refractivity contribution < 1.29 is 18.6 Å². The molecule has 28 heavy (non-hydrogen) atoms. The summed E-state index contributed by atoms with van der Waals surface area (Å²) in [6.07, 6.45) is 0.605. The van der Waals surface area contributed by atoms with Crippen LogP contribution in [0.1, 0.15) is 18.1 Å². The molecule has 152 valence electrons. The lowest BCUT2D eigenvalue weighted by molar-refractivity contribution is 0.106. The second-order valence-corrected chi connectivity index (χ2v) is 6.08. The Kier molecular flexibility index (Phi) is 9.24. The molecule has 2 aromatic carbocycles. The van der Waals surface area contributed by atoms with Crippen LogP contribution in [-0.4, -0.2) is 47.0 Å². The molecule has 0 aliphatic carbocycles. The van der Waals surface area contributed by atoms with Gasteiger partial charge in [0.1, 0.15) is 11.6 Å². The highest BCUT2D eigenvalue weighted by molar-refractivity contribution is 5.93. The second kappa shape index (κ2) is 11.9. The van der Waals surface area contributed by atoms with Crippen LogP contribution >= 0.6 is 0 Å². The zero-order valence-corrected chi connectivity index (χ0v) is 16.6. The molecule has 0 aromatic heterocycles. The Bertz CT molecular complexity index is 738. The summed E-state index contributed by atoms with van der Waals surface area (Å²) in [5.74, 6) is 1.10. The van der Waals surface area contributed by atoms with Gasteiger partial charge in [0.15, 0.2) is 5.96 Å². The molecular formula is C21H28FN3O3. The quantitative estimate of drug-likeness (QED) is 0.369. The van der Waals surface area contributed by atoms with E-state index >= 15 is 0 Å². The lowest BCUT2D eigenvalue weighted by Gasteiger charge is -2.19. The summed E-state index contributed by atoms with van der Waals surface area (Å²) in [7, 11) is 4.99. The van der Waals surface area contributed by atoms with Crippen LogP contribution in [0.5, 0.6) is 5.75 Å². The summed E-state index contributed by atoms with van der Waals surface area (Å²) in [6, 6.07) is 13.9. The first kappa shape index (κ1) is 21.7. The molecule has 0 saturated carbocycles. The Hall–Kier alpha value is -2.64. The van der Waals surface area contributed by atoms with Crippen LogP contribution < -0.4 is 15.4 Å². The van der Waals surface area contributed by atoms with E-state index in [2.05, 4.69) is 15.6 Å². The topological polar surface area (TPSA) is 64.1 Å². The average molecular weight is 389 g/mol. The molecule has 1 atom stereocenters. The number of ether oxygens (including phenoxy) is 3. The fourth-order valence-electron chi connectivity index (χ4n) is 2.58. The van der Waals surface area contributed by atoms with Crippen LogP contribution in [0.3, 0.4) is 0 Å². The van der Waals surface area contributed by atoms with Gasteiger partial charge in [-0.1, -0.05) is 18.2 Å². The first-order valence-corrected chi connectivity index (χ1v) is 9.14. The van der Waals surface area contributed by atoms with Crippen molar-refractivity contribution >= 4 is 11.6 Å². The number of rotatable bonds is 10. The van der Waals surface area contributed by atoms with Crippen molar-refractivity contribution in [3.63, 3.8) is 0 Å². The van der Waals surface area contributed by atoms with E-state index in [9.17, 15) is 4.39 Å². The van der Waals surface area contributed by atoms with Gasteiger partial charge in [-0.3, -0.25) is 4.99 Å². The normalized spacial score (nSPS) is 12.5. The number of guanidine groups is 1. The molecule has 0 spiro atoms. The monoisotopic (exact) mass is 389 g/mol. The zero-order chi connectivity index (χ0) is 20.2. The van der Waals surface area contributed by atoms with E-state index in [0.717, 1.165) is 23.4 Å². The Balaban J connectivity index is 1.90. The van der Waals surface area contributed by atoms with Crippen molar-refractivity contribution in [1.29, 1.82) is 0 Å². The number of nitrogens with one attached hydrogen (secondary N) is 2. The highest BCUT2D eigenvalue weighted by atomic mass is 19.1. The predicted molar refractivity (Wildman–Crippen MR) is 110 cm³/mol. The van der Waals surface area contributed by atoms with Crippen molar-refractivity contribution in [3.8, 4) is 5.75 Å². The molecule has 7 heteroatoms. The maximum absolute atomic E-state index is 13.1. The van der Waals surface area contributed by atoms with Crippen LogP contribution in [0, 0.1) is 5.82 Å². The minimum Gasteiger partial charge on any atom is -0.493 e. The minimum atomic E-state index is -0.270. The molecule has 0 aliphatic rings. The lowest BCUT2D eigenvalue weighted by Crippen LogP contribution is -2.34. The van der Waals surface area contributed by atoms with E-state index < -0.39 is 0 Å². The predicted octanol–water partition coefficient (Wildman–Crippen LogP) is 3.62. The number of nitrogens with zero attached hydrogens (tertiary/aromatic N) is 1. The highest BCUT2D eigenvalue weighted by Crippen LogP contribution is 2.18. The summed E-state index contributed by atoms with van der Waals surface area (Å²) >= 11 is 0. The number of methoxy groups -OCH3 is 2. The van der Waals surface area contributed by atoms with Crippen molar-refractivity contribution in [2.45, 2.75) is 12.5 Å². The van der Waals surface area contributed by atoms with Gasteiger partial charge < -0.3 is 24.8 Å². The van der Waals surface area contributed by atoms with E-state index in [0.29, 0.717) is 25.7 Å². The largest absolute Gasteiger partial charge is 0.493 e. The second-order valence-electron chi connectivity index (χ2n) is 6.08. The molecule has 0 saturated heterocycles. The molecule has 0 heterocycles. The smallest absolute Gasteiger partial charge is 0.195 e. The Morgan fingerprint density at radius 3 is 2.57 bits per heavy atom. The van der Waals surface area contributed by atoms with Gasteiger partial charge in [-0.2, -0.15) is 0 Å². The SMILES string of the molecule is CN=C(NCC(OC)c1ccc(F)cc1)Nc1cccc(OCCCOC)c1. The standard InChI is InChI=1S/C21H28FN3O3/c1-23-21(24-15-20(27-3)16-8-10-17(22)11-9-16)25-18-6-4-7-19(14-18)28-13-5-12-26-2/h4,6-11,14,20H,5,12-13,15H2,1-3H3,(H2,23,24,25). The number of hydrogen-bond donors (Lipinski definition) is 2. The third kappa shape index (κ3) is 7.17. The van der Waals surface area contributed by atoms with Crippen LogP contribution in [-0.2, 0) is 9.47 Å². The van der Waals surface area contributed by atoms with Gasteiger partial charge >= 0.3 is 0 Å². The van der Waals surface area contributed by atoms with Crippen LogP contribution in [0.15, 0.2) is 53.5 Å². The van der Waals surface area contributed by atoms with Gasteiger partial charge in [-0.15, -0.1) is 0 Å². The fourth-order valence-corrected chi connectivity index (χ4v) is 2.58. The van der Waals surface area contributed by atoms with Gasteiger partial charge in [-0.05, 0) is 29.8 Å². The van der Waals surface area contributed by atoms with Crippen LogP contribution in [0.2, 0.25) is 0 Å². The fraction of sp³-hybridized carbons (Fsp3) is 0.381. The summed E-state index contributed by atoms with van der Waals surface area (Å²) < 4.78 is 29.4. The first-order chi connectivity index (χ1) is 13.7. The molecule has 0 radical (unpaired) electrons. The van der Waals surface area contributed by atoms with E-state index in [1.54, 1.807) is 33.4 Å². The highest BCUT2D eigenvalue weighted by Gasteiger charge is 2.11. The molecule has 1 unspecified atom stereocenters. The molecular weight excluding hydrogens is 361 g/mol. The van der Waals surface area contributed by atoms with Gasteiger partial charge in [0, 0.05) is 52.6 Å². The van der Waals surface area contributed by atoms with Gasteiger partial charge in [0.25, 0.3) is 0 Å². The third-order valence-electron chi connectivity index (χ3n) is 4.06. The third-order valence-corrected chi connectivity index (χ3v) is 4.06. The summed E-state index contributed by atoms with van der Waals surface area (Å²) in [5, 5.41) is 6.45. The molecule has 0 amide bonds. The van der Waals surface area contributed by atoms with Crippen molar-refractivity contribution in [2.75, 3.05) is 46.3 Å². The number of hydrogen-bond acceptors (Lipinski definition) is 4. The molecule has 2 N–H and O–H groups in total. The number of halogens is 1. The van der Waals surface area contributed by atoms with Crippen LogP contribution in [0.25, 0.3) is 0 Å². The van der Waals surface area contributed by atoms with E-state index in [1.165, 1.54) is 12.1 Å². The van der Waals surface area contributed by atoms with Crippen LogP contribution in [0.4, 0.5) is 10.1 Å². The van der Waals surface area contributed by atoms with E-state index in [4.69, 9.17) is 14.2 Å². The Labute approximate surface area is 165 Å². The Morgan fingerprint density at radius 1 is 1.11 bits per heavy atom.